The monoisotopic (exact) mass is 439 g/mol. The van der Waals surface area contributed by atoms with Crippen molar-refractivity contribution in [2.24, 2.45) is 10.9 Å². The van der Waals surface area contributed by atoms with Gasteiger partial charge in [0.25, 0.3) is 0 Å². The average Bonchev–Trinajstić information content (AvgIpc) is 2.99. The predicted molar refractivity (Wildman–Crippen MR) is 103 cm³/mol. The first kappa shape index (κ1) is 22.2. The molecule has 7 heteroatoms. The van der Waals surface area contributed by atoms with Crippen LogP contribution in [0, 0.1) is 5.92 Å². The van der Waals surface area contributed by atoms with Gasteiger partial charge in [-0.3, -0.25) is 0 Å². The van der Waals surface area contributed by atoms with E-state index in [0.717, 1.165) is 13.2 Å². The lowest BCUT2D eigenvalue weighted by atomic mass is 10.0. The van der Waals surface area contributed by atoms with Crippen molar-refractivity contribution < 1.29 is 14.3 Å². The molecule has 0 amide bonds. The molecule has 0 aromatic carbocycles. The van der Waals surface area contributed by atoms with E-state index in [1.54, 1.807) is 25.3 Å². The van der Waals surface area contributed by atoms with Gasteiger partial charge >= 0.3 is 0 Å². The second kappa shape index (κ2) is 11.7. The molecule has 0 fully saturated rings. The zero-order chi connectivity index (χ0) is 16.4. The van der Waals surface area contributed by atoms with Gasteiger partial charge in [-0.2, -0.15) is 0 Å². The maximum Gasteiger partial charge on any atom is 0.191 e. The Labute approximate surface area is 156 Å². The van der Waals surface area contributed by atoms with Crippen molar-refractivity contribution in [2.75, 3.05) is 32.8 Å². The fourth-order valence-corrected chi connectivity index (χ4v) is 1.80. The van der Waals surface area contributed by atoms with Crippen molar-refractivity contribution in [1.29, 1.82) is 0 Å². The lowest BCUT2D eigenvalue weighted by Crippen LogP contribution is -2.40. The van der Waals surface area contributed by atoms with Crippen molar-refractivity contribution in [3.8, 4) is 0 Å². The summed E-state index contributed by atoms with van der Waals surface area (Å²) in [7, 11) is 0. The molecule has 0 saturated carbocycles. The topological polar surface area (TPSA) is 79.0 Å². The molecular weight excluding hydrogens is 409 g/mol. The summed E-state index contributed by atoms with van der Waals surface area (Å²) in [6.07, 6.45) is 1.54. The van der Waals surface area contributed by atoms with Gasteiger partial charge in [0, 0.05) is 19.7 Å². The summed E-state index contributed by atoms with van der Waals surface area (Å²) in [5.74, 6) is 1.69. The number of aliphatic hydroxyl groups is 1. The summed E-state index contributed by atoms with van der Waals surface area (Å²) in [6.45, 7) is 10.9. The fourth-order valence-electron chi connectivity index (χ4n) is 1.80. The number of halogens is 1. The molecule has 0 spiro atoms. The van der Waals surface area contributed by atoms with E-state index in [1.807, 2.05) is 6.92 Å². The quantitative estimate of drug-likeness (QED) is 0.238. The van der Waals surface area contributed by atoms with Crippen molar-refractivity contribution in [2.45, 2.75) is 33.3 Å². The first-order chi connectivity index (χ1) is 10.5. The molecule has 1 atom stereocenters. The molecule has 0 aliphatic carbocycles. The largest absolute Gasteiger partial charge is 0.466 e. The molecule has 1 unspecified atom stereocenters. The minimum atomic E-state index is -1.13. The molecule has 3 N–H and O–H groups in total. The number of hydrogen-bond donors (Lipinski definition) is 3. The molecule has 0 saturated heterocycles. The smallest absolute Gasteiger partial charge is 0.191 e. The third-order valence-electron chi connectivity index (χ3n) is 2.93. The first-order valence-electron chi connectivity index (χ1n) is 7.82. The minimum Gasteiger partial charge on any atom is -0.466 e. The number of nitrogens with zero attached hydrogens (tertiary/aromatic N) is 1. The molecule has 1 rings (SSSR count). The maximum atomic E-state index is 10.4. The van der Waals surface area contributed by atoms with Gasteiger partial charge in [-0.25, -0.2) is 4.99 Å². The molecule has 23 heavy (non-hydrogen) atoms. The first-order valence-corrected chi connectivity index (χ1v) is 7.82. The Bertz CT molecular complexity index is 434. The predicted octanol–water partition coefficient (Wildman–Crippen LogP) is 2.33. The normalized spacial score (nSPS) is 14.3. The van der Waals surface area contributed by atoms with Crippen LogP contribution in [0.15, 0.2) is 27.8 Å². The van der Waals surface area contributed by atoms with E-state index in [0.29, 0.717) is 30.8 Å². The van der Waals surface area contributed by atoms with Crippen LogP contribution in [-0.4, -0.2) is 43.9 Å². The molecule has 1 heterocycles. The summed E-state index contributed by atoms with van der Waals surface area (Å²) in [5.41, 5.74) is -1.13. The van der Waals surface area contributed by atoms with Gasteiger partial charge in [-0.05, 0) is 31.9 Å². The molecule has 0 radical (unpaired) electrons. The van der Waals surface area contributed by atoms with Crippen LogP contribution in [0.5, 0.6) is 0 Å². The molecule has 0 aliphatic heterocycles. The van der Waals surface area contributed by atoms with Crippen LogP contribution in [-0.2, 0) is 10.3 Å². The highest BCUT2D eigenvalue weighted by Gasteiger charge is 2.25. The standard InChI is InChI=1S/C16H29N3O3.HI/c1-5-17-15(18-8-10-21-11-13(2)3)19-12-16(4,20)14-7-6-9-22-14;/h6-7,9,13,20H,5,8,10-12H2,1-4H3,(H2,17,18,19);1H. The van der Waals surface area contributed by atoms with E-state index in [-0.39, 0.29) is 30.5 Å². The van der Waals surface area contributed by atoms with Gasteiger partial charge in [0.2, 0.25) is 0 Å². The number of furan rings is 1. The van der Waals surface area contributed by atoms with Gasteiger partial charge < -0.3 is 24.9 Å². The number of ether oxygens (including phenoxy) is 1. The average molecular weight is 439 g/mol. The summed E-state index contributed by atoms with van der Waals surface area (Å²) in [5, 5.41) is 16.7. The minimum absolute atomic E-state index is 0. The van der Waals surface area contributed by atoms with Gasteiger partial charge in [0.15, 0.2) is 5.96 Å². The maximum absolute atomic E-state index is 10.4. The van der Waals surface area contributed by atoms with Gasteiger partial charge in [0.1, 0.15) is 11.4 Å². The van der Waals surface area contributed by atoms with Crippen LogP contribution in [0.4, 0.5) is 0 Å². The number of aliphatic imine (C=N–C) groups is 1. The summed E-state index contributed by atoms with van der Waals surface area (Å²) in [4.78, 5) is 4.40. The second-order valence-corrected chi connectivity index (χ2v) is 5.84. The van der Waals surface area contributed by atoms with E-state index in [2.05, 4.69) is 29.5 Å². The zero-order valence-corrected chi connectivity index (χ0v) is 16.8. The highest BCUT2D eigenvalue weighted by molar-refractivity contribution is 14.0. The SMILES string of the molecule is CCNC(=NCC(C)(O)c1ccco1)NCCOCC(C)C.I. The van der Waals surface area contributed by atoms with E-state index < -0.39 is 5.60 Å². The van der Waals surface area contributed by atoms with Gasteiger partial charge in [0.05, 0.1) is 19.4 Å². The zero-order valence-electron chi connectivity index (χ0n) is 14.5. The van der Waals surface area contributed by atoms with Crippen LogP contribution < -0.4 is 10.6 Å². The number of nitrogens with one attached hydrogen (secondary N) is 2. The third-order valence-corrected chi connectivity index (χ3v) is 2.93. The van der Waals surface area contributed by atoms with Gasteiger partial charge in [-0.1, -0.05) is 13.8 Å². The van der Waals surface area contributed by atoms with Gasteiger partial charge in [-0.15, -0.1) is 24.0 Å². The summed E-state index contributed by atoms with van der Waals surface area (Å²) >= 11 is 0. The van der Waals surface area contributed by atoms with Crippen molar-refractivity contribution in [1.82, 2.24) is 10.6 Å². The Balaban J connectivity index is 0.00000484. The number of guanidine groups is 1. The highest BCUT2D eigenvalue weighted by Crippen LogP contribution is 2.20. The summed E-state index contributed by atoms with van der Waals surface area (Å²) < 4.78 is 10.8. The molecule has 6 nitrogen and oxygen atoms in total. The van der Waals surface area contributed by atoms with Crippen LogP contribution in [0.1, 0.15) is 33.5 Å². The molecule has 1 aromatic rings. The Hall–Kier alpha value is -0.800. The van der Waals surface area contributed by atoms with Crippen molar-refractivity contribution >= 4 is 29.9 Å². The van der Waals surface area contributed by atoms with Crippen LogP contribution in [0.2, 0.25) is 0 Å². The third kappa shape index (κ3) is 9.17. The molecule has 0 aliphatic rings. The van der Waals surface area contributed by atoms with Crippen LogP contribution >= 0.6 is 24.0 Å². The Morgan fingerprint density at radius 2 is 2.17 bits per heavy atom. The highest BCUT2D eigenvalue weighted by atomic mass is 127. The molecule has 1 aromatic heterocycles. The second-order valence-electron chi connectivity index (χ2n) is 5.84. The van der Waals surface area contributed by atoms with E-state index in [4.69, 9.17) is 9.15 Å². The molecule has 0 bridgehead atoms. The summed E-state index contributed by atoms with van der Waals surface area (Å²) in [6, 6.07) is 3.50. The van der Waals surface area contributed by atoms with E-state index in [1.165, 1.54) is 0 Å². The van der Waals surface area contributed by atoms with E-state index >= 15 is 0 Å². The van der Waals surface area contributed by atoms with Crippen LogP contribution in [0.25, 0.3) is 0 Å². The Kier molecular flexibility index (Phi) is 11.3. The Morgan fingerprint density at radius 3 is 2.74 bits per heavy atom. The van der Waals surface area contributed by atoms with Crippen LogP contribution in [0.3, 0.4) is 0 Å². The fraction of sp³-hybridized carbons (Fsp3) is 0.688. The van der Waals surface area contributed by atoms with Crippen molar-refractivity contribution in [3.05, 3.63) is 24.2 Å². The number of rotatable bonds is 9. The molecule has 134 valence electrons. The van der Waals surface area contributed by atoms with E-state index in [9.17, 15) is 5.11 Å². The molecular formula is C16H30IN3O3. The lowest BCUT2D eigenvalue weighted by Gasteiger charge is -2.19. The Morgan fingerprint density at radius 1 is 1.43 bits per heavy atom. The lowest BCUT2D eigenvalue weighted by molar-refractivity contribution is 0.0436. The van der Waals surface area contributed by atoms with Crippen molar-refractivity contribution in [3.63, 3.8) is 0 Å². The number of hydrogen-bond acceptors (Lipinski definition) is 4.